The van der Waals surface area contributed by atoms with Gasteiger partial charge < -0.3 is 15.5 Å². The minimum absolute atomic E-state index is 0.0182. The van der Waals surface area contributed by atoms with E-state index in [0.717, 1.165) is 18.8 Å². The second kappa shape index (κ2) is 9.45. The lowest BCUT2D eigenvalue weighted by molar-refractivity contribution is -0.114. The topological polar surface area (TPSA) is 44.4 Å². The van der Waals surface area contributed by atoms with Gasteiger partial charge in [-0.05, 0) is 62.5 Å². The summed E-state index contributed by atoms with van der Waals surface area (Å²) in [6.07, 6.45) is 7.42. The van der Waals surface area contributed by atoms with Crippen LogP contribution in [0.1, 0.15) is 56.9 Å². The minimum Gasteiger partial charge on any atom is -0.365 e. The average Bonchev–Trinajstić information content (AvgIpc) is 2.76. The highest BCUT2D eigenvalue weighted by Gasteiger charge is 2.35. The summed E-state index contributed by atoms with van der Waals surface area (Å²) < 4.78 is 0. The highest BCUT2D eigenvalue weighted by atomic mass is 16.1. The van der Waals surface area contributed by atoms with Crippen LogP contribution in [-0.2, 0) is 4.79 Å². The number of benzene rings is 2. The number of anilines is 2. The zero-order valence-corrected chi connectivity index (χ0v) is 17.4. The molecule has 1 aliphatic carbocycles. The first kappa shape index (κ1) is 20.0. The SMILES string of the molecule is CC(=O)Nc1cccc(N(C2CCNCC2)C2CCCCC2c2ccccc2)c1. The molecule has 4 rings (SSSR count). The Labute approximate surface area is 174 Å². The van der Waals surface area contributed by atoms with Gasteiger partial charge in [0.25, 0.3) is 0 Å². The molecular weight excluding hydrogens is 358 g/mol. The van der Waals surface area contributed by atoms with E-state index in [2.05, 4.69) is 64.1 Å². The Morgan fingerprint density at radius 3 is 2.48 bits per heavy atom. The summed E-state index contributed by atoms with van der Waals surface area (Å²) in [6, 6.07) is 20.6. The van der Waals surface area contributed by atoms with Gasteiger partial charge >= 0.3 is 0 Å². The molecule has 0 spiro atoms. The van der Waals surface area contributed by atoms with E-state index in [1.807, 2.05) is 6.07 Å². The van der Waals surface area contributed by atoms with Crippen LogP contribution in [0, 0.1) is 0 Å². The summed E-state index contributed by atoms with van der Waals surface area (Å²) in [4.78, 5) is 14.3. The van der Waals surface area contributed by atoms with Crippen molar-refractivity contribution in [3.8, 4) is 0 Å². The van der Waals surface area contributed by atoms with Crippen LogP contribution in [0.3, 0.4) is 0 Å². The van der Waals surface area contributed by atoms with Crippen LogP contribution in [0.15, 0.2) is 54.6 Å². The van der Waals surface area contributed by atoms with Crippen LogP contribution in [0.2, 0.25) is 0 Å². The highest BCUT2D eigenvalue weighted by Crippen LogP contribution is 2.40. The number of piperidine rings is 1. The van der Waals surface area contributed by atoms with Gasteiger partial charge in [0.1, 0.15) is 0 Å². The maximum atomic E-state index is 11.6. The number of rotatable bonds is 5. The predicted octanol–water partition coefficient (Wildman–Crippen LogP) is 4.93. The lowest BCUT2D eigenvalue weighted by Gasteiger charge is -2.47. The fourth-order valence-electron chi connectivity index (χ4n) is 5.24. The number of amides is 1. The molecule has 0 aromatic heterocycles. The van der Waals surface area contributed by atoms with Crippen molar-refractivity contribution in [2.75, 3.05) is 23.3 Å². The Kier molecular flexibility index (Phi) is 6.50. The number of carbonyl (C=O) groups is 1. The number of hydrogen-bond donors (Lipinski definition) is 2. The summed E-state index contributed by atoms with van der Waals surface area (Å²) in [7, 11) is 0. The molecule has 2 atom stereocenters. The normalized spacial score (nSPS) is 22.8. The van der Waals surface area contributed by atoms with E-state index in [1.54, 1.807) is 6.92 Å². The van der Waals surface area contributed by atoms with Crippen molar-refractivity contribution in [2.45, 2.75) is 63.5 Å². The van der Waals surface area contributed by atoms with Gasteiger partial charge in [0, 0.05) is 36.3 Å². The molecule has 2 unspecified atom stereocenters. The smallest absolute Gasteiger partial charge is 0.221 e. The zero-order chi connectivity index (χ0) is 20.1. The first-order chi connectivity index (χ1) is 14.2. The highest BCUT2D eigenvalue weighted by molar-refractivity contribution is 5.89. The molecule has 0 radical (unpaired) electrons. The van der Waals surface area contributed by atoms with E-state index in [4.69, 9.17) is 0 Å². The average molecular weight is 392 g/mol. The van der Waals surface area contributed by atoms with Gasteiger partial charge in [0.15, 0.2) is 0 Å². The van der Waals surface area contributed by atoms with Crippen LogP contribution >= 0.6 is 0 Å². The fraction of sp³-hybridized carbons (Fsp3) is 0.480. The molecule has 1 saturated carbocycles. The Balaban J connectivity index is 1.70. The molecule has 4 heteroatoms. The van der Waals surface area contributed by atoms with Crippen LogP contribution in [0.4, 0.5) is 11.4 Å². The summed E-state index contributed by atoms with van der Waals surface area (Å²) in [5.74, 6) is 0.541. The van der Waals surface area contributed by atoms with E-state index in [1.165, 1.54) is 49.8 Å². The fourth-order valence-corrected chi connectivity index (χ4v) is 5.24. The lowest BCUT2D eigenvalue weighted by atomic mass is 9.78. The van der Waals surface area contributed by atoms with Crippen LogP contribution in [0.25, 0.3) is 0 Å². The van der Waals surface area contributed by atoms with Crippen LogP contribution in [0.5, 0.6) is 0 Å². The van der Waals surface area contributed by atoms with Crippen molar-refractivity contribution in [3.05, 3.63) is 60.2 Å². The molecule has 154 valence electrons. The number of carbonyl (C=O) groups excluding carboxylic acids is 1. The molecule has 1 heterocycles. The molecule has 2 aromatic rings. The summed E-state index contributed by atoms with van der Waals surface area (Å²) >= 11 is 0. The standard InChI is InChI=1S/C25H33N3O/c1-19(29)27-21-10-7-11-23(18-21)28(22-14-16-26-17-15-22)25-13-6-5-12-24(25)20-8-3-2-4-9-20/h2-4,7-11,18,22,24-26H,5-6,12-17H2,1H3,(H,27,29). The molecule has 1 amide bonds. The van der Waals surface area contributed by atoms with Crippen molar-refractivity contribution < 1.29 is 4.79 Å². The lowest BCUT2D eigenvalue weighted by Crippen LogP contribution is -2.51. The number of nitrogens with zero attached hydrogens (tertiary/aromatic N) is 1. The first-order valence-electron chi connectivity index (χ1n) is 11.1. The van der Waals surface area contributed by atoms with Gasteiger partial charge in [-0.2, -0.15) is 0 Å². The minimum atomic E-state index is -0.0182. The molecule has 2 fully saturated rings. The predicted molar refractivity (Wildman–Crippen MR) is 121 cm³/mol. The van der Waals surface area contributed by atoms with E-state index in [0.29, 0.717) is 18.0 Å². The van der Waals surface area contributed by atoms with Crippen molar-refractivity contribution in [2.24, 2.45) is 0 Å². The molecule has 29 heavy (non-hydrogen) atoms. The van der Waals surface area contributed by atoms with Crippen molar-refractivity contribution in [1.29, 1.82) is 0 Å². The molecule has 4 nitrogen and oxygen atoms in total. The van der Waals surface area contributed by atoms with E-state index >= 15 is 0 Å². The molecule has 1 saturated heterocycles. The third-order valence-electron chi connectivity index (χ3n) is 6.48. The van der Waals surface area contributed by atoms with Gasteiger partial charge in [-0.3, -0.25) is 4.79 Å². The van der Waals surface area contributed by atoms with Gasteiger partial charge in [0.05, 0.1) is 0 Å². The van der Waals surface area contributed by atoms with Gasteiger partial charge in [0.2, 0.25) is 5.91 Å². The second-order valence-electron chi connectivity index (χ2n) is 8.49. The summed E-state index contributed by atoms with van der Waals surface area (Å²) in [5.41, 5.74) is 3.60. The maximum absolute atomic E-state index is 11.6. The summed E-state index contributed by atoms with van der Waals surface area (Å²) in [5, 5.41) is 6.49. The number of nitrogens with one attached hydrogen (secondary N) is 2. The first-order valence-corrected chi connectivity index (χ1v) is 11.1. The molecule has 2 N–H and O–H groups in total. The van der Waals surface area contributed by atoms with E-state index in [-0.39, 0.29) is 5.91 Å². The van der Waals surface area contributed by atoms with Gasteiger partial charge in [-0.25, -0.2) is 0 Å². The molecule has 2 aliphatic rings. The Hall–Kier alpha value is -2.33. The maximum Gasteiger partial charge on any atom is 0.221 e. The Morgan fingerprint density at radius 1 is 0.966 bits per heavy atom. The molecule has 0 bridgehead atoms. The third-order valence-corrected chi connectivity index (χ3v) is 6.48. The number of hydrogen-bond acceptors (Lipinski definition) is 3. The van der Waals surface area contributed by atoms with E-state index < -0.39 is 0 Å². The van der Waals surface area contributed by atoms with E-state index in [9.17, 15) is 4.79 Å². The third kappa shape index (κ3) is 4.81. The molecule has 1 aliphatic heterocycles. The molecular formula is C25H33N3O. The Morgan fingerprint density at radius 2 is 1.72 bits per heavy atom. The van der Waals surface area contributed by atoms with Crippen molar-refractivity contribution >= 4 is 17.3 Å². The van der Waals surface area contributed by atoms with Gasteiger partial charge in [-0.15, -0.1) is 0 Å². The van der Waals surface area contributed by atoms with Crippen molar-refractivity contribution in [3.63, 3.8) is 0 Å². The quantitative estimate of drug-likeness (QED) is 0.760. The van der Waals surface area contributed by atoms with Crippen LogP contribution in [-0.4, -0.2) is 31.1 Å². The van der Waals surface area contributed by atoms with Crippen LogP contribution < -0.4 is 15.5 Å². The largest absolute Gasteiger partial charge is 0.365 e. The Bertz CT molecular complexity index is 801. The summed E-state index contributed by atoms with van der Waals surface area (Å²) in [6.45, 7) is 3.73. The van der Waals surface area contributed by atoms with Crippen molar-refractivity contribution in [1.82, 2.24) is 5.32 Å². The monoisotopic (exact) mass is 391 g/mol. The second-order valence-corrected chi connectivity index (χ2v) is 8.49. The molecule has 2 aromatic carbocycles. The zero-order valence-electron chi connectivity index (χ0n) is 17.4. The van der Waals surface area contributed by atoms with Gasteiger partial charge in [-0.1, -0.05) is 49.2 Å².